The lowest BCUT2D eigenvalue weighted by Crippen LogP contribution is -2.52. The molecule has 1 aliphatic carbocycles. The topological polar surface area (TPSA) is 97.2 Å². The standard InChI is InChI=1S/C27H30F2N4O3/c1-17-13-20(32-23(14-17)33-22-15-18(24(28)29)9-12-30-22)19-7-8-21(31-16-19)26(2,36-3)27(25(34)35)10-5-4-6-11-27/h7-9,12-16,24H,4-6,10-11H2,1-3H3,(H,34,35)(H,30,32,33). The van der Waals surface area contributed by atoms with Crippen molar-refractivity contribution in [2.24, 2.45) is 5.41 Å². The van der Waals surface area contributed by atoms with Crippen LogP contribution in [0.25, 0.3) is 11.3 Å². The van der Waals surface area contributed by atoms with Crippen LogP contribution in [0.15, 0.2) is 48.8 Å². The molecule has 0 amide bonds. The number of carboxylic acid groups (broad SMARTS) is 1. The minimum absolute atomic E-state index is 0.126. The fourth-order valence-corrected chi connectivity index (χ4v) is 5.08. The highest BCUT2D eigenvalue weighted by atomic mass is 19.3. The van der Waals surface area contributed by atoms with Gasteiger partial charge in [0.2, 0.25) is 0 Å². The summed E-state index contributed by atoms with van der Waals surface area (Å²) in [6, 6.07) is 9.89. The average Bonchev–Trinajstić information content (AvgIpc) is 2.88. The largest absolute Gasteiger partial charge is 0.481 e. The van der Waals surface area contributed by atoms with Gasteiger partial charge in [0.25, 0.3) is 6.43 Å². The molecule has 36 heavy (non-hydrogen) atoms. The van der Waals surface area contributed by atoms with Crippen molar-refractivity contribution in [2.75, 3.05) is 12.4 Å². The summed E-state index contributed by atoms with van der Waals surface area (Å²) in [4.78, 5) is 25.8. The summed E-state index contributed by atoms with van der Waals surface area (Å²) < 4.78 is 32.0. The van der Waals surface area contributed by atoms with E-state index in [9.17, 15) is 18.7 Å². The Labute approximate surface area is 209 Å². The van der Waals surface area contributed by atoms with Gasteiger partial charge in [-0.25, -0.2) is 18.7 Å². The van der Waals surface area contributed by atoms with Crippen LogP contribution < -0.4 is 5.32 Å². The smallest absolute Gasteiger partial charge is 0.312 e. The van der Waals surface area contributed by atoms with E-state index in [0.29, 0.717) is 30.0 Å². The van der Waals surface area contributed by atoms with Crippen LogP contribution in [0.2, 0.25) is 0 Å². The maximum Gasteiger partial charge on any atom is 0.312 e. The van der Waals surface area contributed by atoms with E-state index < -0.39 is 23.4 Å². The molecule has 3 aromatic rings. The lowest BCUT2D eigenvalue weighted by atomic mass is 9.62. The van der Waals surface area contributed by atoms with E-state index in [1.54, 1.807) is 18.3 Å². The van der Waals surface area contributed by atoms with Gasteiger partial charge < -0.3 is 15.2 Å². The van der Waals surface area contributed by atoms with Gasteiger partial charge in [-0.15, -0.1) is 0 Å². The number of nitrogens with zero attached hydrogens (tertiary/aromatic N) is 3. The number of carboxylic acids is 1. The Kier molecular flexibility index (Phi) is 7.31. The maximum atomic E-state index is 13.0. The van der Waals surface area contributed by atoms with Crippen LogP contribution in [0.3, 0.4) is 0 Å². The third kappa shape index (κ3) is 4.80. The number of pyridine rings is 3. The Bertz CT molecular complexity index is 1230. The van der Waals surface area contributed by atoms with Crippen molar-refractivity contribution in [1.82, 2.24) is 15.0 Å². The molecule has 3 aromatic heterocycles. The highest BCUT2D eigenvalue weighted by Gasteiger charge is 2.56. The minimum Gasteiger partial charge on any atom is -0.481 e. The molecule has 1 atom stereocenters. The average molecular weight is 497 g/mol. The van der Waals surface area contributed by atoms with Crippen LogP contribution in [0.1, 0.15) is 62.3 Å². The van der Waals surface area contributed by atoms with Crippen molar-refractivity contribution < 1.29 is 23.4 Å². The van der Waals surface area contributed by atoms with Gasteiger partial charge in [0.05, 0.1) is 11.4 Å². The number of alkyl halides is 2. The molecule has 3 heterocycles. The molecule has 0 aliphatic heterocycles. The first-order valence-corrected chi connectivity index (χ1v) is 11.9. The molecule has 4 rings (SSSR count). The van der Waals surface area contributed by atoms with E-state index >= 15 is 0 Å². The summed E-state index contributed by atoms with van der Waals surface area (Å²) in [6.07, 6.45) is 4.14. The lowest BCUT2D eigenvalue weighted by molar-refractivity contribution is -0.181. The number of aliphatic carboxylic acids is 1. The summed E-state index contributed by atoms with van der Waals surface area (Å²) in [5.74, 6) is -0.132. The fourth-order valence-electron chi connectivity index (χ4n) is 5.08. The number of anilines is 2. The number of hydrogen-bond acceptors (Lipinski definition) is 6. The van der Waals surface area contributed by atoms with E-state index in [0.717, 1.165) is 30.4 Å². The van der Waals surface area contributed by atoms with Gasteiger partial charge in [-0.3, -0.25) is 9.78 Å². The molecule has 0 saturated heterocycles. The molecule has 0 aromatic carbocycles. The van der Waals surface area contributed by atoms with E-state index in [-0.39, 0.29) is 11.4 Å². The number of aromatic nitrogens is 3. The summed E-state index contributed by atoms with van der Waals surface area (Å²) in [6.45, 7) is 3.71. The zero-order valence-corrected chi connectivity index (χ0v) is 20.6. The monoisotopic (exact) mass is 496 g/mol. The molecular weight excluding hydrogens is 466 g/mol. The predicted molar refractivity (Wildman–Crippen MR) is 132 cm³/mol. The number of halogens is 2. The molecule has 0 radical (unpaired) electrons. The third-order valence-electron chi connectivity index (χ3n) is 7.25. The Morgan fingerprint density at radius 3 is 2.47 bits per heavy atom. The predicted octanol–water partition coefficient (Wildman–Crippen LogP) is 6.42. The highest BCUT2D eigenvalue weighted by Crippen LogP contribution is 2.51. The molecule has 1 unspecified atom stereocenters. The number of hydrogen-bond donors (Lipinski definition) is 2. The number of nitrogens with one attached hydrogen (secondary N) is 1. The second-order valence-electron chi connectivity index (χ2n) is 9.43. The summed E-state index contributed by atoms with van der Waals surface area (Å²) >= 11 is 0. The van der Waals surface area contributed by atoms with Crippen LogP contribution in [0, 0.1) is 12.3 Å². The Hall–Kier alpha value is -3.46. The summed E-state index contributed by atoms with van der Waals surface area (Å²) in [7, 11) is 1.53. The summed E-state index contributed by atoms with van der Waals surface area (Å²) in [5.41, 5.74) is 0.553. The Morgan fingerprint density at radius 2 is 1.86 bits per heavy atom. The molecule has 1 saturated carbocycles. The number of rotatable bonds is 8. The first-order valence-electron chi connectivity index (χ1n) is 11.9. The summed E-state index contributed by atoms with van der Waals surface area (Å²) in [5, 5.41) is 13.2. The van der Waals surface area contributed by atoms with Crippen LogP contribution in [-0.4, -0.2) is 33.1 Å². The molecule has 190 valence electrons. The molecule has 1 fully saturated rings. The first kappa shape index (κ1) is 25.6. The van der Waals surface area contributed by atoms with Gasteiger partial charge in [-0.2, -0.15) is 0 Å². The van der Waals surface area contributed by atoms with Crippen molar-refractivity contribution in [2.45, 2.75) is 58.0 Å². The van der Waals surface area contributed by atoms with Crippen LogP contribution in [0.5, 0.6) is 0 Å². The second kappa shape index (κ2) is 10.3. The molecular formula is C27H30F2N4O3. The van der Waals surface area contributed by atoms with E-state index in [2.05, 4.69) is 20.3 Å². The highest BCUT2D eigenvalue weighted by molar-refractivity contribution is 5.77. The molecule has 2 N–H and O–H groups in total. The quantitative estimate of drug-likeness (QED) is 0.371. The fraction of sp³-hybridized carbons (Fsp3) is 0.407. The molecule has 7 nitrogen and oxygen atoms in total. The van der Waals surface area contributed by atoms with Crippen LogP contribution in [0.4, 0.5) is 20.4 Å². The Morgan fingerprint density at radius 1 is 1.11 bits per heavy atom. The van der Waals surface area contributed by atoms with Gasteiger partial charge in [0.1, 0.15) is 22.7 Å². The van der Waals surface area contributed by atoms with E-state index in [4.69, 9.17) is 4.74 Å². The van der Waals surface area contributed by atoms with Gasteiger partial charge in [-0.1, -0.05) is 19.3 Å². The van der Waals surface area contributed by atoms with Gasteiger partial charge in [0, 0.05) is 30.6 Å². The van der Waals surface area contributed by atoms with Gasteiger partial charge in [0.15, 0.2) is 0 Å². The third-order valence-corrected chi connectivity index (χ3v) is 7.25. The molecule has 9 heteroatoms. The van der Waals surface area contributed by atoms with Crippen molar-refractivity contribution in [3.63, 3.8) is 0 Å². The van der Waals surface area contributed by atoms with Crippen molar-refractivity contribution in [1.29, 1.82) is 0 Å². The Balaban J connectivity index is 1.64. The zero-order valence-electron chi connectivity index (χ0n) is 20.6. The lowest BCUT2D eigenvalue weighted by Gasteiger charge is -2.46. The van der Waals surface area contributed by atoms with Crippen molar-refractivity contribution >= 4 is 17.6 Å². The van der Waals surface area contributed by atoms with E-state index in [1.807, 2.05) is 26.0 Å². The maximum absolute atomic E-state index is 13.0. The zero-order chi connectivity index (χ0) is 25.9. The van der Waals surface area contributed by atoms with Crippen molar-refractivity contribution in [3.05, 3.63) is 65.6 Å². The number of methoxy groups -OCH3 is 1. The van der Waals surface area contributed by atoms with Crippen LogP contribution >= 0.6 is 0 Å². The minimum atomic E-state index is -2.59. The van der Waals surface area contributed by atoms with Gasteiger partial charge >= 0.3 is 5.97 Å². The molecule has 0 spiro atoms. The number of ether oxygens (including phenoxy) is 1. The van der Waals surface area contributed by atoms with Crippen molar-refractivity contribution in [3.8, 4) is 11.3 Å². The SMILES string of the molecule is COC(C)(c1ccc(-c2cc(C)cc(Nc3cc(C(F)F)ccn3)n2)cn1)C1(C(=O)O)CCCCC1. The molecule has 0 bridgehead atoms. The normalized spacial score (nSPS) is 16.9. The van der Waals surface area contributed by atoms with Gasteiger partial charge in [-0.05, 0) is 68.7 Å². The second-order valence-corrected chi connectivity index (χ2v) is 9.43. The number of carbonyl (C=O) groups is 1. The van der Waals surface area contributed by atoms with Crippen LogP contribution in [-0.2, 0) is 15.1 Å². The first-order chi connectivity index (χ1) is 17.2. The number of aryl methyl sites for hydroxylation is 1. The molecule has 1 aliphatic rings. The van der Waals surface area contributed by atoms with E-state index in [1.165, 1.54) is 25.4 Å².